The number of fused-ring (bicyclic) bond motifs is 1. The van der Waals surface area contributed by atoms with Gasteiger partial charge in [0.05, 0.1) is 11.9 Å². The molecule has 1 saturated carbocycles. The van der Waals surface area contributed by atoms with Crippen LogP contribution >= 0.6 is 28.3 Å². The van der Waals surface area contributed by atoms with E-state index in [1.807, 2.05) is 43.3 Å². The largest absolute Gasteiger partial charge is 0.573 e. The number of amides is 1. The molecule has 12 heteroatoms. The summed E-state index contributed by atoms with van der Waals surface area (Å²) in [6.45, 7) is 1.28. The summed E-state index contributed by atoms with van der Waals surface area (Å²) in [4.78, 5) is 23.8. The van der Waals surface area contributed by atoms with E-state index in [2.05, 4.69) is 36.3 Å². The van der Waals surface area contributed by atoms with Crippen molar-refractivity contribution in [2.24, 2.45) is 11.8 Å². The number of carbonyl (C=O) groups excluding carboxylic acids is 1. The zero-order chi connectivity index (χ0) is 27.3. The number of hydrogen-bond donors (Lipinski definition) is 2. The van der Waals surface area contributed by atoms with Gasteiger partial charge in [-0.05, 0) is 61.8 Å². The average molecular weight is 631 g/mol. The van der Waals surface area contributed by atoms with Gasteiger partial charge in [0.25, 0.3) is 0 Å². The molecule has 2 N–H and O–H groups in total. The van der Waals surface area contributed by atoms with E-state index in [0.29, 0.717) is 28.8 Å². The number of halogens is 5. The molecule has 0 bridgehead atoms. The Kier molecular flexibility index (Phi) is 10.7. The maximum atomic E-state index is 12.7. The third kappa shape index (κ3) is 8.86. The number of para-hydroxylation sites is 1. The van der Waals surface area contributed by atoms with Gasteiger partial charge >= 0.3 is 6.36 Å². The third-order valence-corrected chi connectivity index (χ3v) is 7.21. The number of rotatable bonds is 9. The summed E-state index contributed by atoms with van der Waals surface area (Å²) in [5, 5.41) is 7.30. The van der Waals surface area contributed by atoms with Crippen molar-refractivity contribution >= 4 is 56.9 Å². The zero-order valence-corrected chi connectivity index (χ0v) is 24.1. The maximum absolute atomic E-state index is 12.7. The average Bonchev–Trinajstić information content (AvgIpc) is 2.87. The SMILES string of the molecule is CN(C)c1nc(NCC2CCC(CNC(=O)Cc3ccc(Br)cc3OC(F)(F)F)CC2)nc2ccccc12.Cl. The quantitative estimate of drug-likeness (QED) is 0.287. The van der Waals surface area contributed by atoms with Crippen molar-refractivity contribution in [1.82, 2.24) is 15.3 Å². The van der Waals surface area contributed by atoms with Crippen LogP contribution in [0.25, 0.3) is 10.9 Å². The number of anilines is 2. The molecule has 2 aromatic carbocycles. The van der Waals surface area contributed by atoms with Crippen molar-refractivity contribution < 1.29 is 22.7 Å². The van der Waals surface area contributed by atoms with E-state index >= 15 is 0 Å². The fraction of sp³-hybridized carbons (Fsp3) is 0.444. The highest BCUT2D eigenvalue weighted by molar-refractivity contribution is 9.10. The number of ether oxygens (including phenoxy) is 1. The summed E-state index contributed by atoms with van der Waals surface area (Å²) >= 11 is 3.14. The number of alkyl halides is 3. The standard InChI is InChI=1S/C27H31BrF3N5O2.ClH/c1-36(2)25-21-5-3-4-6-22(21)34-26(35-25)33-16-18-9-7-17(8-10-18)15-32-24(37)13-19-11-12-20(28)14-23(19)38-27(29,30)31;/h3-6,11-12,14,17-18H,7-10,13,15-16H2,1-2H3,(H,32,37)(H,33,34,35);1H. The van der Waals surface area contributed by atoms with Gasteiger partial charge in [0, 0.05) is 42.6 Å². The van der Waals surface area contributed by atoms with Crippen LogP contribution in [0.4, 0.5) is 24.9 Å². The van der Waals surface area contributed by atoms with Crippen LogP contribution < -0.4 is 20.3 Å². The van der Waals surface area contributed by atoms with Crippen LogP contribution in [0.1, 0.15) is 31.2 Å². The highest BCUT2D eigenvalue weighted by Crippen LogP contribution is 2.31. The second kappa shape index (κ2) is 13.5. The van der Waals surface area contributed by atoms with Gasteiger partial charge < -0.3 is 20.3 Å². The van der Waals surface area contributed by atoms with E-state index in [1.165, 1.54) is 12.1 Å². The molecule has 3 aromatic rings. The number of hydrogen-bond acceptors (Lipinski definition) is 6. The van der Waals surface area contributed by atoms with E-state index in [9.17, 15) is 18.0 Å². The first-order valence-electron chi connectivity index (χ1n) is 12.6. The fourth-order valence-electron chi connectivity index (χ4n) is 4.74. The Hall–Kier alpha value is -2.79. The predicted octanol–water partition coefficient (Wildman–Crippen LogP) is 6.36. The van der Waals surface area contributed by atoms with E-state index in [-0.39, 0.29) is 36.0 Å². The molecule has 212 valence electrons. The summed E-state index contributed by atoms with van der Waals surface area (Å²) in [6.07, 6.45) is -1.05. The van der Waals surface area contributed by atoms with E-state index in [0.717, 1.165) is 48.9 Å². The molecule has 1 aliphatic carbocycles. The normalized spacial score (nSPS) is 17.3. The van der Waals surface area contributed by atoms with Crippen LogP contribution in [0, 0.1) is 11.8 Å². The number of carbonyl (C=O) groups is 1. The van der Waals surface area contributed by atoms with Crippen molar-refractivity contribution in [1.29, 1.82) is 0 Å². The van der Waals surface area contributed by atoms with Gasteiger partial charge in [-0.3, -0.25) is 4.79 Å². The number of nitrogens with one attached hydrogen (secondary N) is 2. The van der Waals surface area contributed by atoms with Crippen molar-refractivity contribution in [3.63, 3.8) is 0 Å². The first-order valence-corrected chi connectivity index (χ1v) is 13.4. The Labute approximate surface area is 240 Å². The Morgan fingerprint density at radius 2 is 1.72 bits per heavy atom. The minimum Gasteiger partial charge on any atom is -0.405 e. The molecule has 4 rings (SSSR count). The smallest absolute Gasteiger partial charge is 0.405 e. The first-order chi connectivity index (χ1) is 18.1. The van der Waals surface area contributed by atoms with Gasteiger partial charge in [0.15, 0.2) is 0 Å². The maximum Gasteiger partial charge on any atom is 0.573 e. The lowest BCUT2D eigenvalue weighted by Gasteiger charge is -2.29. The number of nitrogens with zero attached hydrogens (tertiary/aromatic N) is 3. The lowest BCUT2D eigenvalue weighted by molar-refractivity contribution is -0.274. The summed E-state index contributed by atoms with van der Waals surface area (Å²) in [5.41, 5.74) is 1.08. The van der Waals surface area contributed by atoms with Crippen LogP contribution in [0.3, 0.4) is 0 Å². The summed E-state index contributed by atoms with van der Waals surface area (Å²) < 4.78 is 42.7. The van der Waals surface area contributed by atoms with Crippen LogP contribution in [-0.4, -0.2) is 49.4 Å². The molecule has 1 aliphatic rings. The topological polar surface area (TPSA) is 79.4 Å². The summed E-state index contributed by atoms with van der Waals surface area (Å²) in [7, 11) is 3.93. The minimum atomic E-state index is -4.82. The van der Waals surface area contributed by atoms with Gasteiger partial charge in [-0.2, -0.15) is 4.98 Å². The van der Waals surface area contributed by atoms with E-state index < -0.39 is 6.36 Å². The van der Waals surface area contributed by atoms with Gasteiger partial charge in [-0.1, -0.05) is 34.1 Å². The lowest BCUT2D eigenvalue weighted by Crippen LogP contribution is -2.33. The zero-order valence-electron chi connectivity index (χ0n) is 21.7. The molecule has 0 aliphatic heterocycles. The molecule has 1 heterocycles. The molecule has 0 spiro atoms. The van der Waals surface area contributed by atoms with Crippen LogP contribution in [0.15, 0.2) is 46.9 Å². The third-order valence-electron chi connectivity index (χ3n) is 6.72. The van der Waals surface area contributed by atoms with Crippen molar-refractivity contribution in [2.75, 3.05) is 37.4 Å². The van der Waals surface area contributed by atoms with E-state index in [1.54, 1.807) is 6.07 Å². The number of benzene rings is 2. The van der Waals surface area contributed by atoms with Gasteiger partial charge in [0.1, 0.15) is 11.6 Å². The molecular formula is C27H32BrClF3N5O2. The van der Waals surface area contributed by atoms with E-state index in [4.69, 9.17) is 4.98 Å². The predicted molar refractivity (Wildman–Crippen MR) is 153 cm³/mol. The van der Waals surface area contributed by atoms with Crippen molar-refractivity contribution in [3.8, 4) is 5.75 Å². The monoisotopic (exact) mass is 629 g/mol. The molecule has 7 nitrogen and oxygen atoms in total. The Morgan fingerprint density at radius 3 is 2.38 bits per heavy atom. The molecule has 1 aromatic heterocycles. The number of aromatic nitrogens is 2. The minimum absolute atomic E-state index is 0. The molecule has 0 radical (unpaired) electrons. The molecule has 1 fully saturated rings. The van der Waals surface area contributed by atoms with Gasteiger partial charge in [-0.15, -0.1) is 25.6 Å². The van der Waals surface area contributed by atoms with Crippen LogP contribution in [-0.2, 0) is 11.2 Å². The van der Waals surface area contributed by atoms with Crippen LogP contribution in [0.2, 0.25) is 0 Å². The Balaban J connectivity index is 0.00000420. The Morgan fingerprint density at radius 1 is 1.05 bits per heavy atom. The Bertz CT molecular complexity index is 1270. The lowest BCUT2D eigenvalue weighted by atomic mass is 9.82. The molecular weight excluding hydrogens is 599 g/mol. The second-order valence-electron chi connectivity index (χ2n) is 9.83. The molecule has 0 saturated heterocycles. The molecule has 1 amide bonds. The fourth-order valence-corrected chi connectivity index (χ4v) is 5.08. The van der Waals surface area contributed by atoms with Crippen molar-refractivity contribution in [3.05, 3.63) is 52.5 Å². The van der Waals surface area contributed by atoms with Gasteiger partial charge in [0.2, 0.25) is 11.9 Å². The molecule has 0 atom stereocenters. The highest BCUT2D eigenvalue weighted by atomic mass is 79.9. The van der Waals surface area contributed by atoms with Crippen molar-refractivity contribution in [2.45, 2.75) is 38.5 Å². The molecule has 0 unspecified atom stereocenters. The second-order valence-corrected chi connectivity index (χ2v) is 10.7. The summed E-state index contributed by atoms with van der Waals surface area (Å²) in [6, 6.07) is 12.2. The van der Waals surface area contributed by atoms with Gasteiger partial charge in [-0.25, -0.2) is 4.98 Å². The summed E-state index contributed by atoms with van der Waals surface area (Å²) in [5.74, 6) is 1.60. The first kappa shape index (κ1) is 30.7. The highest BCUT2D eigenvalue weighted by Gasteiger charge is 2.32. The van der Waals surface area contributed by atoms with Crippen LogP contribution in [0.5, 0.6) is 5.75 Å². The molecule has 39 heavy (non-hydrogen) atoms.